The minimum atomic E-state index is -0.551. The summed E-state index contributed by atoms with van der Waals surface area (Å²) in [6.07, 6.45) is 6.03. The first-order chi connectivity index (χ1) is 14.5. The van der Waals surface area contributed by atoms with E-state index in [1.54, 1.807) is 4.90 Å². The highest BCUT2D eigenvalue weighted by Gasteiger charge is 2.44. The number of benzene rings is 1. The second kappa shape index (κ2) is 7.78. The van der Waals surface area contributed by atoms with Crippen LogP contribution < -0.4 is 16.0 Å². The normalized spacial score (nSPS) is 25.9. The predicted molar refractivity (Wildman–Crippen MR) is 111 cm³/mol. The van der Waals surface area contributed by atoms with Gasteiger partial charge in [0.2, 0.25) is 11.8 Å². The molecule has 3 fully saturated rings. The van der Waals surface area contributed by atoms with Crippen molar-refractivity contribution in [1.29, 1.82) is 0 Å². The molecule has 7 heteroatoms. The Morgan fingerprint density at radius 2 is 1.93 bits per heavy atom. The number of rotatable bonds is 5. The third-order valence-electron chi connectivity index (χ3n) is 7.46. The summed E-state index contributed by atoms with van der Waals surface area (Å²) in [6, 6.07) is 5.42. The van der Waals surface area contributed by atoms with E-state index in [-0.39, 0.29) is 24.1 Å². The van der Waals surface area contributed by atoms with E-state index in [4.69, 9.17) is 0 Å². The maximum Gasteiger partial charge on any atom is 0.255 e. The summed E-state index contributed by atoms with van der Waals surface area (Å²) >= 11 is 0. The van der Waals surface area contributed by atoms with Gasteiger partial charge in [0, 0.05) is 25.1 Å². The molecule has 1 aliphatic carbocycles. The van der Waals surface area contributed by atoms with Crippen molar-refractivity contribution in [3.63, 3.8) is 0 Å². The smallest absolute Gasteiger partial charge is 0.255 e. The van der Waals surface area contributed by atoms with Gasteiger partial charge in [0.25, 0.3) is 5.91 Å². The van der Waals surface area contributed by atoms with Crippen LogP contribution in [0, 0.1) is 11.3 Å². The van der Waals surface area contributed by atoms with Crippen molar-refractivity contribution in [3.8, 4) is 0 Å². The van der Waals surface area contributed by atoms with Gasteiger partial charge in [0.15, 0.2) is 0 Å². The average Bonchev–Trinajstić information content (AvgIpc) is 3.03. The predicted octanol–water partition coefficient (Wildman–Crippen LogP) is 1.32. The number of nitrogens with one attached hydrogen (secondary N) is 3. The van der Waals surface area contributed by atoms with Gasteiger partial charge in [-0.25, -0.2) is 0 Å². The Morgan fingerprint density at radius 3 is 2.70 bits per heavy atom. The van der Waals surface area contributed by atoms with Crippen LogP contribution in [0.15, 0.2) is 18.2 Å². The van der Waals surface area contributed by atoms with Crippen molar-refractivity contribution >= 4 is 17.7 Å². The van der Waals surface area contributed by atoms with Crippen molar-refractivity contribution < 1.29 is 14.4 Å². The Morgan fingerprint density at radius 1 is 1.13 bits per heavy atom. The Labute approximate surface area is 177 Å². The summed E-state index contributed by atoms with van der Waals surface area (Å²) in [7, 11) is 0. The number of imide groups is 1. The SMILES string of the molecule is O=C1CCC(N2Cc3cc(CNCC4CC5(CCNCC5)C4)ccc3C2=O)C(=O)N1. The quantitative estimate of drug-likeness (QED) is 0.637. The fraction of sp³-hybridized carbons (Fsp3) is 0.609. The largest absolute Gasteiger partial charge is 0.322 e. The van der Waals surface area contributed by atoms with E-state index < -0.39 is 6.04 Å². The van der Waals surface area contributed by atoms with Crippen LogP contribution in [0.4, 0.5) is 0 Å². The zero-order valence-corrected chi connectivity index (χ0v) is 17.3. The Balaban J connectivity index is 1.14. The van der Waals surface area contributed by atoms with Gasteiger partial charge in [-0.05, 0) is 80.3 Å². The van der Waals surface area contributed by atoms with Crippen LogP contribution in [0.2, 0.25) is 0 Å². The molecule has 3 amide bonds. The maximum absolute atomic E-state index is 12.8. The third kappa shape index (κ3) is 3.65. The molecule has 1 aromatic rings. The molecule has 30 heavy (non-hydrogen) atoms. The zero-order valence-electron chi connectivity index (χ0n) is 17.3. The molecule has 3 heterocycles. The number of hydrogen-bond acceptors (Lipinski definition) is 5. The Kier molecular flexibility index (Phi) is 5.11. The molecule has 4 aliphatic rings. The molecular weight excluding hydrogens is 380 g/mol. The van der Waals surface area contributed by atoms with Crippen LogP contribution in [0.25, 0.3) is 0 Å². The van der Waals surface area contributed by atoms with Crippen LogP contribution in [0.3, 0.4) is 0 Å². The summed E-state index contributed by atoms with van der Waals surface area (Å²) in [5, 5.41) is 9.41. The van der Waals surface area contributed by atoms with Gasteiger partial charge in [-0.15, -0.1) is 0 Å². The number of fused-ring (bicyclic) bond motifs is 1. The van der Waals surface area contributed by atoms with Gasteiger partial charge in [-0.1, -0.05) is 12.1 Å². The van der Waals surface area contributed by atoms with Crippen LogP contribution >= 0.6 is 0 Å². The van der Waals surface area contributed by atoms with E-state index >= 15 is 0 Å². The lowest BCUT2D eigenvalue weighted by Gasteiger charge is -2.50. The maximum atomic E-state index is 12.8. The van der Waals surface area contributed by atoms with Gasteiger partial charge in [-0.2, -0.15) is 0 Å². The minimum Gasteiger partial charge on any atom is -0.322 e. The summed E-state index contributed by atoms with van der Waals surface area (Å²) in [5.74, 6) is 0.0514. The van der Waals surface area contributed by atoms with Gasteiger partial charge in [-0.3, -0.25) is 19.7 Å². The second-order valence-corrected chi connectivity index (χ2v) is 9.55. The molecular formula is C23H30N4O3. The Bertz CT molecular complexity index is 869. The number of hydrogen-bond donors (Lipinski definition) is 3. The summed E-state index contributed by atoms with van der Waals surface area (Å²) in [5.41, 5.74) is 3.43. The standard InChI is InChI=1S/C23H30N4O3/c28-20-4-3-19(21(29)26-20)27-14-17-9-15(1-2-18(17)22(27)30)12-25-13-16-10-23(11-16)5-7-24-8-6-23/h1-2,9,16,19,24-25H,3-8,10-14H2,(H,26,28,29). The molecule has 160 valence electrons. The first kappa shape index (κ1) is 19.7. The van der Waals surface area contributed by atoms with E-state index in [1.165, 1.54) is 44.3 Å². The zero-order chi connectivity index (χ0) is 20.7. The van der Waals surface area contributed by atoms with Gasteiger partial charge < -0.3 is 15.5 Å². The molecule has 3 aliphatic heterocycles. The van der Waals surface area contributed by atoms with Gasteiger partial charge >= 0.3 is 0 Å². The van der Waals surface area contributed by atoms with Crippen LogP contribution in [0.5, 0.6) is 0 Å². The fourth-order valence-corrected chi connectivity index (χ4v) is 5.83. The Hall–Kier alpha value is -2.25. The lowest BCUT2D eigenvalue weighted by Crippen LogP contribution is -2.52. The highest BCUT2D eigenvalue weighted by molar-refractivity contribution is 6.05. The molecule has 0 radical (unpaired) electrons. The lowest BCUT2D eigenvalue weighted by atomic mass is 9.58. The molecule has 7 nitrogen and oxygen atoms in total. The first-order valence-electron chi connectivity index (χ1n) is 11.2. The van der Waals surface area contributed by atoms with E-state index in [0.717, 1.165) is 24.6 Å². The van der Waals surface area contributed by atoms with E-state index in [0.29, 0.717) is 23.9 Å². The highest BCUT2D eigenvalue weighted by atomic mass is 16.2. The monoisotopic (exact) mass is 410 g/mol. The van der Waals surface area contributed by atoms with Crippen LogP contribution in [0.1, 0.15) is 60.0 Å². The highest BCUT2D eigenvalue weighted by Crippen LogP contribution is 2.51. The number of carbonyl (C=O) groups is 3. The topological polar surface area (TPSA) is 90.5 Å². The number of nitrogens with zero attached hydrogens (tertiary/aromatic N) is 1. The summed E-state index contributed by atoms with van der Waals surface area (Å²) in [6.45, 7) is 4.62. The van der Waals surface area contributed by atoms with Crippen molar-refractivity contribution in [1.82, 2.24) is 20.9 Å². The second-order valence-electron chi connectivity index (χ2n) is 9.55. The average molecular weight is 411 g/mol. The molecule has 1 saturated carbocycles. The fourth-order valence-electron chi connectivity index (χ4n) is 5.83. The lowest BCUT2D eigenvalue weighted by molar-refractivity contribution is -0.136. The molecule has 2 saturated heterocycles. The van der Waals surface area contributed by atoms with Crippen molar-refractivity contribution in [3.05, 3.63) is 34.9 Å². The van der Waals surface area contributed by atoms with Crippen LogP contribution in [-0.4, -0.2) is 48.3 Å². The van der Waals surface area contributed by atoms with E-state index in [2.05, 4.69) is 22.0 Å². The number of amides is 3. The molecule has 1 unspecified atom stereocenters. The molecule has 0 aromatic heterocycles. The number of piperidine rings is 2. The minimum absolute atomic E-state index is 0.110. The molecule has 1 aromatic carbocycles. The van der Waals surface area contributed by atoms with E-state index in [9.17, 15) is 14.4 Å². The van der Waals surface area contributed by atoms with Crippen molar-refractivity contribution in [2.45, 2.75) is 57.7 Å². The molecule has 0 bridgehead atoms. The molecule has 5 rings (SSSR count). The van der Waals surface area contributed by atoms with Crippen molar-refractivity contribution in [2.24, 2.45) is 11.3 Å². The molecule has 1 spiro atoms. The third-order valence-corrected chi connectivity index (χ3v) is 7.46. The molecule has 1 atom stereocenters. The first-order valence-corrected chi connectivity index (χ1v) is 11.2. The number of carbonyl (C=O) groups excluding carboxylic acids is 3. The summed E-state index contributed by atoms with van der Waals surface area (Å²) in [4.78, 5) is 37.9. The van der Waals surface area contributed by atoms with Gasteiger partial charge in [0.05, 0.1) is 0 Å². The van der Waals surface area contributed by atoms with Crippen LogP contribution in [-0.2, 0) is 22.7 Å². The van der Waals surface area contributed by atoms with Crippen molar-refractivity contribution in [2.75, 3.05) is 19.6 Å². The molecule has 3 N–H and O–H groups in total. The van der Waals surface area contributed by atoms with E-state index in [1.807, 2.05) is 12.1 Å². The van der Waals surface area contributed by atoms with Gasteiger partial charge in [0.1, 0.15) is 6.04 Å². The summed E-state index contributed by atoms with van der Waals surface area (Å²) < 4.78 is 0.